The maximum atomic E-state index is 5.97. The molecule has 1 saturated heterocycles. The van der Waals surface area contributed by atoms with Gasteiger partial charge in [0.1, 0.15) is 0 Å². The predicted molar refractivity (Wildman–Crippen MR) is 114 cm³/mol. The van der Waals surface area contributed by atoms with E-state index in [2.05, 4.69) is 32.7 Å². The van der Waals surface area contributed by atoms with Crippen molar-refractivity contribution in [1.82, 2.24) is 30.4 Å². The summed E-state index contributed by atoms with van der Waals surface area (Å²) in [6, 6.07) is 16.5. The molecular weight excluding hydrogens is 451 g/mol. The Morgan fingerprint density at radius 1 is 1.09 bits per heavy atom. The first-order valence-electron chi connectivity index (χ1n) is 10.4. The van der Waals surface area contributed by atoms with Gasteiger partial charge in [0.05, 0.1) is 12.8 Å². The van der Waals surface area contributed by atoms with Gasteiger partial charge >= 0.3 is 6.01 Å². The van der Waals surface area contributed by atoms with E-state index in [1.165, 1.54) is 19.4 Å². The van der Waals surface area contributed by atoms with E-state index in [-0.39, 0.29) is 30.8 Å². The molecule has 1 unspecified atom stereocenters. The molecule has 0 saturated carbocycles. The molecule has 1 atom stereocenters. The van der Waals surface area contributed by atoms with E-state index < -0.39 is 0 Å². The molecule has 1 fully saturated rings. The Labute approximate surface area is 201 Å². The van der Waals surface area contributed by atoms with Crippen LogP contribution in [-0.4, -0.2) is 57.9 Å². The number of benzene rings is 2. The normalized spacial score (nSPS) is 15.6. The van der Waals surface area contributed by atoms with Crippen LogP contribution in [0.25, 0.3) is 5.69 Å². The number of likely N-dealkylation sites (N-methyl/N-ethyl adjacent to an activating group) is 1. The predicted octanol–water partition coefficient (Wildman–Crippen LogP) is -2.95. The summed E-state index contributed by atoms with van der Waals surface area (Å²) >= 11 is 0. The van der Waals surface area contributed by atoms with E-state index in [1.54, 1.807) is 11.8 Å². The van der Waals surface area contributed by atoms with Crippen LogP contribution >= 0.6 is 0 Å². The van der Waals surface area contributed by atoms with Gasteiger partial charge in [-0.05, 0) is 66.2 Å². The zero-order chi connectivity index (χ0) is 20.8. The van der Waals surface area contributed by atoms with Gasteiger partial charge in [0.2, 0.25) is 0 Å². The highest BCUT2D eigenvalue weighted by Gasteiger charge is 2.22. The number of ether oxygens (including phenoxy) is 2. The van der Waals surface area contributed by atoms with Gasteiger partial charge in [-0.15, -0.1) is 0 Å². The monoisotopic (exact) mass is 478 g/mol. The van der Waals surface area contributed by atoms with Crippen LogP contribution < -0.4 is 39.6 Å². The van der Waals surface area contributed by atoms with E-state index in [1.807, 2.05) is 48.5 Å². The number of halogens is 2. The Morgan fingerprint density at radius 2 is 1.91 bits per heavy atom. The van der Waals surface area contributed by atoms with Crippen LogP contribution in [0.15, 0.2) is 48.5 Å². The second-order valence-corrected chi connectivity index (χ2v) is 7.35. The SMILES string of the molecule is CCN1CCCC1CNCc1ccc(Oc2nnnn2-c2ccccc2)c(OC)c1.[Cl-].[Cl-]. The fourth-order valence-electron chi connectivity index (χ4n) is 3.90. The van der Waals surface area contributed by atoms with Crippen molar-refractivity contribution in [2.24, 2.45) is 0 Å². The lowest BCUT2D eigenvalue weighted by atomic mass is 10.2. The van der Waals surface area contributed by atoms with Gasteiger partial charge < -0.3 is 39.6 Å². The molecule has 1 aliphatic rings. The van der Waals surface area contributed by atoms with Crippen molar-refractivity contribution >= 4 is 0 Å². The fraction of sp³-hybridized carbons (Fsp3) is 0.409. The van der Waals surface area contributed by atoms with Crippen LogP contribution in [0.3, 0.4) is 0 Å². The van der Waals surface area contributed by atoms with Gasteiger partial charge in [0.15, 0.2) is 11.5 Å². The van der Waals surface area contributed by atoms with Crippen molar-refractivity contribution < 1.29 is 34.3 Å². The first-order chi connectivity index (χ1) is 14.8. The van der Waals surface area contributed by atoms with Gasteiger partial charge in [-0.3, -0.25) is 4.90 Å². The van der Waals surface area contributed by atoms with Gasteiger partial charge in [-0.25, -0.2) is 0 Å². The molecule has 4 rings (SSSR count). The number of likely N-dealkylation sites (tertiary alicyclic amines) is 1. The van der Waals surface area contributed by atoms with E-state index >= 15 is 0 Å². The third-order valence-corrected chi connectivity index (χ3v) is 5.49. The number of nitrogens with zero attached hydrogens (tertiary/aromatic N) is 5. The molecule has 0 radical (unpaired) electrons. The van der Waals surface area contributed by atoms with Gasteiger partial charge in [0, 0.05) is 19.1 Å². The number of nitrogens with one attached hydrogen (secondary N) is 1. The molecule has 1 aromatic heterocycles. The largest absolute Gasteiger partial charge is 1.00 e. The minimum absolute atomic E-state index is 0. The quantitative estimate of drug-likeness (QED) is 0.352. The summed E-state index contributed by atoms with van der Waals surface area (Å²) in [5.41, 5.74) is 1.97. The standard InChI is InChI=1S/C22H28N6O2.2ClH/c1-3-27-13-7-10-19(27)16-23-15-17-11-12-20(21(14-17)29-2)30-22-24-25-26-28(22)18-8-5-4-6-9-18;;/h4-6,8-9,11-12,14,19,23H,3,7,10,13,15-16H2,1-2H3;2*1H/p-2. The number of rotatable bonds is 9. The number of para-hydroxylation sites is 1. The maximum absolute atomic E-state index is 5.97. The molecule has 0 spiro atoms. The summed E-state index contributed by atoms with van der Waals surface area (Å²) < 4.78 is 13.1. The average Bonchev–Trinajstić information content (AvgIpc) is 3.44. The van der Waals surface area contributed by atoms with Crippen molar-refractivity contribution in [3.05, 3.63) is 54.1 Å². The third kappa shape index (κ3) is 6.10. The first kappa shape index (κ1) is 25.9. The summed E-state index contributed by atoms with van der Waals surface area (Å²) in [6.07, 6.45) is 2.57. The van der Waals surface area contributed by atoms with Gasteiger partial charge in [-0.1, -0.05) is 36.3 Å². The van der Waals surface area contributed by atoms with Crippen LogP contribution in [0.5, 0.6) is 17.5 Å². The van der Waals surface area contributed by atoms with E-state index in [0.29, 0.717) is 17.5 Å². The summed E-state index contributed by atoms with van der Waals surface area (Å²) in [5, 5.41) is 15.3. The number of methoxy groups -OCH3 is 1. The maximum Gasteiger partial charge on any atom is 0.346 e. The summed E-state index contributed by atoms with van der Waals surface area (Å²) in [4.78, 5) is 2.54. The van der Waals surface area contributed by atoms with Crippen molar-refractivity contribution in [3.63, 3.8) is 0 Å². The lowest BCUT2D eigenvalue weighted by Gasteiger charge is -2.23. The molecule has 1 aliphatic heterocycles. The minimum atomic E-state index is 0. The molecule has 2 aromatic carbocycles. The van der Waals surface area contributed by atoms with E-state index in [0.717, 1.165) is 30.9 Å². The first-order valence-corrected chi connectivity index (χ1v) is 10.4. The highest BCUT2D eigenvalue weighted by atomic mass is 35.5. The van der Waals surface area contributed by atoms with Crippen molar-refractivity contribution in [3.8, 4) is 23.2 Å². The number of hydrogen-bond acceptors (Lipinski definition) is 7. The number of aromatic nitrogens is 4. The molecule has 174 valence electrons. The molecule has 3 aromatic rings. The molecule has 1 N–H and O–H groups in total. The molecule has 0 aliphatic carbocycles. The molecule has 2 heterocycles. The van der Waals surface area contributed by atoms with Gasteiger partial charge in [0.25, 0.3) is 0 Å². The van der Waals surface area contributed by atoms with Crippen LogP contribution in [0.4, 0.5) is 0 Å². The summed E-state index contributed by atoms with van der Waals surface area (Å²) in [6.45, 7) is 6.35. The minimum Gasteiger partial charge on any atom is -1.00 e. The Morgan fingerprint density at radius 3 is 2.66 bits per heavy atom. The van der Waals surface area contributed by atoms with Crippen LogP contribution in [0.2, 0.25) is 0 Å². The molecular formula is C22H28Cl2N6O2-2. The van der Waals surface area contributed by atoms with E-state index in [9.17, 15) is 0 Å². The van der Waals surface area contributed by atoms with Crippen molar-refractivity contribution in [2.75, 3.05) is 26.7 Å². The second-order valence-electron chi connectivity index (χ2n) is 7.35. The zero-order valence-corrected chi connectivity index (χ0v) is 19.8. The molecule has 8 nitrogen and oxygen atoms in total. The Balaban J connectivity index is 0.00000181. The lowest BCUT2D eigenvalue weighted by molar-refractivity contribution is -0.001000. The lowest BCUT2D eigenvalue weighted by Crippen LogP contribution is -3.00. The summed E-state index contributed by atoms with van der Waals surface area (Å²) in [7, 11) is 1.64. The van der Waals surface area contributed by atoms with E-state index in [4.69, 9.17) is 9.47 Å². The van der Waals surface area contributed by atoms with Crippen LogP contribution in [0, 0.1) is 0 Å². The highest BCUT2D eigenvalue weighted by Crippen LogP contribution is 2.32. The number of hydrogen-bond donors (Lipinski definition) is 1. The number of tetrazole rings is 1. The topological polar surface area (TPSA) is 77.3 Å². The Hall–Kier alpha value is -2.39. The van der Waals surface area contributed by atoms with Crippen LogP contribution in [-0.2, 0) is 6.54 Å². The zero-order valence-electron chi connectivity index (χ0n) is 18.2. The average molecular weight is 479 g/mol. The second kappa shape index (κ2) is 12.6. The highest BCUT2D eigenvalue weighted by molar-refractivity contribution is 5.44. The van der Waals surface area contributed by atoms with Crippen LogP contribution in [0.1, 0.15) is 25.3 Å². The van der Waals surface area contributed by atoms with Gasteiger partial charge in [-0.2, -0.15) is 4.68 Å². The Bertz CT molecular complexity index is 957. The molecule has 10 heteroatoms. The third-order valence-electron chi connectivity index (χ3n) is 5.49. The fourth-order valence-corrected chi connectivity index (χ4v) is 3.90. The van der Waals surface area contributed by atoms with Crippen molar-refractivity contribution in [2.45, 2.75) is 32.4 Å². The van der Waals surface area contributed by atoms with Crippen molar-refractivity contribution in [1.29, 1.82) is 0 Å². The molecule has 32 heavy (non-hydrogen) atoms. The molecule has 0 amide bonds. The summed E-state index contributed by atoms with van der Waals surface area (Å²) in [5.74, 6) is 1.22. The smallest absolute Gasteiger partial charge is 0.346 e. The molecule has 0 bridgehead atoms. The Kier molecular flexibility index (Phi) is 10.2.